The normalized spacial score (nSPS) is 15.4. The van der Waals surface area contributed by atoms with Crippen molar-refractivity contribution in [2.45, 2.75) is 45.4 Å². The van der Waals surface area contributed by atoms with Gasteiger partial charge in [0.05, 0.1) is 24.4 Å². The monoisotopic (exact) mass is 806 g/mol. The molecule has 0 atom stereocenters. The molecule has 0 amide bonds. The molecule has 13 nitrogen and oxygen atoms in total. The third-order valence-electron chi connectivity index (χ3n) is 11.2. The highest BCUT2D eigenvalue weighted by atomic mass is 32.2. The number of aromatic carboxylic acids is 1. The van der Waals surface area contributed by atoms with E-state index in [4.69, 9.17) is 19.3 Å². The van der Waals surface area contributed by atoms with Crippen LogP contribution in [0.4, 0.5) is 5.69 Å². The molecule has 0 unspecified atom stereocenters. The Bertz CT molecular complexity index is 2530. The van der Waals surface area contributed by atoms with Gasteiger partial charge in [-0.1, -0.05) is 54.6 Å². The lowest BCUT2D eigenvalue weighted by molar-refractivity contribution is 0.0683. The number of benzene rings is 4. The molecule has 0 spiro atoms. The van der Waals surface area contributed by atoms with E-state index in [1.165, 1.54) is 8.61 Å². The predicted molar refractivity (Wildman–Crippen MR) is 225 cm³/mol. The maximum atomic E-state index is 13.2. The van der Waals surface area contributed by atoms with Crippen LogP contribution in [0.15, 0.2) is 84.9 Å². The number of aromatic nitrogens is 3. The molecule has 4 heterocycles. The first kappa shape index (κ1) is 39.4. The van der Waals surface area contributed by atoms with Crippen LogP contribution in [-0.2, 0) is 48.2 Å². The van der Waals surface area contributed by atoms with Crippen molar-refractivity contribution in [1.82, 2.24) is 23.0 Å². The average Bonchev–Trinajstić information content (AvgIpc) is 3.71. The van der Waals surface area contributed by atoms with Crippen LogP contribution < -0.4 is 14.4 Å². The van der Waals surface area contributed by atoms with Gasteiger partial charge in [-0.05, 0) is 67.0 Å². The molecule has 1 fully saturated rings. The molecule has 2 aromatic heterocycles. The number of ether oxygens (including phenoxy) is 3. The number of para-hydroxylation sites is 1. The summed E-state index contributed by atoms with van der Waals surface area (Å²) < 4.78 is 50.6. The van der Waals surface area contributed by atoms with Gasteiger partial charge in [-0.2, -0.15) is 22.1 Å². The molecule has 1 N–H and O–H groups in total. The Labute approximate surface area is 339 Å². The molecule has 0 radical (unpaired) electrons. The number of fused-ring (bicyclic) bond motifs is 3. The van der Waals surface area contributed by atoms with E-state index < -0.39 is 16.2 Å². The van der Waals surface area contributed by atoms with Crippen LogP contribution in [0.2, 0.25) is 0 Å². The van der Waals surface area contributed by atoms with Crippen LogP contribution in [0.5, 0.6) is 11.5 Å². The highest BCUT2D eigenvalue weighted by Gasteiger charge is 2.30. The summed E-state index contributed by atoms with van der Waals surface area (Å²) in [5.41, 5.74) is 6.41. The van der Waals surface area contributed by atoms with E-state index >= 15 is 0 Å². The minimum absolute atomic E-state index is 0.185. The number of nitrogens with zero attached hydrogens (tertiary/aromatic N) is 6. The van der Waals surface area contributed by atoms with Gasteiger partial charge in [0.15, 0.2) is 0 Å². The molecule has 4 aromatic carbocycles. The maximum absolute atomic E-state index is 13.2. The number of anilines is 1. The highest BCUT2D eigenvalue weighted by Crippen LogP contribution is 2.39. The van der Waals surface area contributed by atoms with Crippen LogP contribution >= 0.6 is 0 Å². The molecule has 6 aromatic rings. The minimum atomic E-state index is -3.44. The Morgan fingerprint density at radius 3 is 2.40 bits per heavy atom. The van der Waals surface area contributed by atoms with Crippen LogP contribution in [-0.4, -0.2) is 95.9 Å². The Morgan fingerprint density at radius 2 is 1.62 bits per heavy atom. The van der Waals surface area contributed by atoms with Crippen molar-refractivity contribution in [3.05, 3.63) is 108 Å². The van der Waals surface area contributed by atoms with Gasteiger partial charge < -0.3 is 28.8 Å². The van der Waals surface area contributed by atoms with Crippen molar-refractivity contribution >= 4 is 43.5 Å². The van der Waals surface area contributed by atoms with Crippen LogP contribution in [0.1, 0.15) is 46.7 Å². The highest BCUT2D eigenvalue weighted by molar-refractivity contribution is 7.86. The zero-order chi connectivity index (χ0) is 40.4. The quantitative estimate of drug-likeness (QED) is 0.134. The topological polar surface area (TPSA) is 132 Å². The second-order valence-electron chi connectivity index (χ2n) is 15.0. The molecule has 2 aliphatic rings. The van der Waals surface area contributed by atoms with Gasteiger partial charge >= 0.3 is 5.97 Å². The number of carboxylic acids is 1. The molecular formula is C44H50N6O7S. The van der Waals surface area contributed by atoms with Crippen molar-refractivity contribution in [3.8, 4) is 22.6 Å². The summed E-state index contributed by atoms with van der Waals surface area (Å²) in [4.78, 5) is 15.3. The van der Waals surface area contributed by atoms with Gasteiger partial charge in [-0.3, -0.25) is 4.68 Å². The lowest BCUT2D eigenvalue weighted by Gasteiger charge is -2.36. The first-order valence-corrected chi connectivity index (χ1v) is 21.3. The number of carboxylic acid groups (broad SMARTS) is 1. The molecule has 0 bridgehead atoms. The summed E-state index contributed by atoms with van der Waals surface area (Å²) in [6.45, 7) is 4.09. The third-order valence-corrected chi connectivity index (χ3v) is 13.2. The average molecular weight is 807 g/mol. The largest absolute Gasteiger partial charge is 0.493 e. The first-order chi connectivity index (χ1) is 28.1. The van der Waals surface area contributed by atoms with Crippen molar-refractivity contribution in [2.75, 3.05) is 58.4 Å². The molecule has 0 saturated carbocycles. The molecule has 0 aliphatic carbocycles. The van der Waals surface area contributed by atoms with E-state index in [1.807, 2.05) is 77.0 Å². The summed E-state index contributed by atoms with van der Waals surface area (Å²) in [5.74, 6) is 0.547. The van der Waals surface area contributed by atoms with Crippen molar-refractivity contribution < 1.29 is 32.5 Å². The second-order valence-corrected chi connectivity index (χ2v) is 17.2. The zero-order valence-electron chi connectivity index (χ0n) is 33.3. The molecule has 304 valence electrons. The lowest BCUT2D eigenvalue weighted by atomic mass is 9.98. The van der Waals surface area contributed by atoms with Gasteiger partial charge in [0.25, 0.3) is 10.2 Å². The fourth-order valence-electron chi connectivity index (χ4n) is 8.31. The third kappa shape index (κ3) is 7.76. The molecule has 58 heavy (non-hydrogen) atoms. The number of carbonyl (C=O) groups is 1. The van der Waals surface area contributed by atoms with Gasteiger partial charge in [-0.15, -0.1) is 0 Å². The summed E-state index contributed by atoms with van der Waals surface area (Å²) in [6, 6.07) is 28.1. The van der Waals surface area contributed by atoms with E-state index in [0.29, 0.717) is 76.8 Å². The number of piperazine rings is 1. The Balaban J connectivity index is 1.06. The van der Waals surface area contributed by atoms with Crippen LogP contribution in [0.25, 0.3) is 32.8 Å². The number of rotatable bonds is 12. The van der Waals surface area contributed by atoms with Gasteiger partial charge in [0.2, 0.25) is 0 Å². The fraction of sp³-hybridized carbons (Fsp3) is 0.364. The van der Waals surface area contributed by atoms with Crippen molar-refractivity contribution in [1.29, 1.82) is 0 Å². The minimum Gasteiger partial charge on any atom is -0.493 e. The molecule has 1 saturated heterocycles. The van der Waals surface area contributed by atoms with E-state index in [1.54, 1.807) is 14.1 Å². The Hall–Kier alpha value is -5.41. The smallest absolute Gasteiger partial charge is 0.352 e. The molecule has 2 aliphatic heterocycles. The standard InChI is InChI=1S/C44H50N6O7S/c1-46(2)58(53,54)49-25-23-48(24-26-49)32-18-20-33(21-19-32)57-29-38-41-37-15-9-14-35-36(16-10-28-56-40-17-8-12-31-11-4-5-13-34(31)40)43(44(51)52)50(42(35)37)22-6-7-27-55-30-39(41)47(3)45-38/h4-5,8-9,11-15,17-21H,6-7,10,16,22-30H2,1-3H3,(H,51,52). The summed E-state index contributed by atoms with van der Waals surface area (Å²) in [7, 11) is 1.58. The summed E-state index contributed by atoms with van der Waals surface area (Å²) in [6.07, 6.45) is 2.75. The maximum Gasteiger partial charge on any atom is 0.352 e. The number of hydrogen-bond acceptors (Lipinski definition) is 8. The zero-order valence-corrected chi connectivity index (χ0v) is 34.1. The fourth-order valence-corrected chi connectivity index (χ4v) is 9.40. The second kappa shape index (κ2) is 16.8. The summed E-state index contributed by atoms with van der Waals surface area (Å²) in [5, 5.41) is 18.8. The molecular weight excluding hydrogens is 757 g/mol. The Kier molecular flexibility index (Phi) is 11.4. The van der Waals surface area contributed by atoms with Crippen LogP contribution in [0, 0.1) is 0 Å². The van der Waals surface area contributed by atoms with Gasteiger partial charge in [-0.25, -0.2) is 4.79 Å². The van der Waals surface area contributed by atoms with E-state index in [-0.39, 0.29) is 6.61 Å². The number of hydrogen-bond donors (Lipinski definition) is 1. The van der Waals surface area contributed by atoms with E-state index in [2.05, 4.69) is 29.2 Å². The first-order valence-electron chi connectivity index (χ1n) is 19.9. The summed E-state index contributed by atoms with van der Waals surface area (Å²) >= 11 is 0. The predicted octanol–water partition coefficient (Wildman–Crippen LogP) is 6.72. The Morgan fingerprint density at radius 1 is 0.879 bits per heavy atom. The molecule has 14 heteroatoms. The van der Waals surface area contributed by atoms with Gasteiger partial charge in [0, 0.05) is 88.1 Å². The van der Waals surface area contributed by atoms with Crippen molar-refractivity contribution in [2.24, 2.45) is 7.05 Å². The van der Waals surface area contributed by atoms with Gasteiger partial charge in [0.1, 0.15) is 29.5 Å². The lowest BCUT2D eigenvalue weighted by Crippen LogP contribution is -2.51. The van der Waals surface area contributed by atoms with E-state index in [0.717, 1.165) is 74.0 Å². The van der Waals surface area contributed by atoms with Crippen molar-refractivity contribution in [3.63, 3.8) is 0 Å². The van der Waals surface area contributed by atoms with Crippen LogP contribution in [0.3, 0.4) is 0 Å². The SMILES string of the molecule is CN(C)S(=O)(=O)N1CCN(c2ccc(OCc3nn(C)c4c3-c3cccc5c(CCCOc6cccc7ccccc67)c(C(=O)O)n(c35)CCCCOC4)cc2)CC1. The number of aryl methyl sites for hydroxylation is 3. The van der Waals surface area contributed by atoms with E-state index in [9.17, 15) is 18.3 Å². The molecule has 8 rings (SSSR count).